The summed E-state index contributed by atoms with van der Waals surface area (Å²) >= 11 is 0. The molecule has 0 unspecified atom stereocenters. The Morgan fingerprint density at radius 2 is 1.11 bits per heavy atom. The standard InChI is InChI=1S/C3H10N2O4/c4-2(6,7)1-3(5,8)9/h6-9H,1,4-5H2. The van der Waals surface area contributed by atoms with Crippen LogP contribution in [0.15, 0.2) is 0 Å². The van der Waals surface area contributed by atoms with Gasteiger partial charge in [-0.25, -0.2) is 0 Å². The van der Waals surface area contributed by atoms with Gasteiger partial charge in [0, 0.05) is 0 Å². The molecule has 56 valence electrons. The molecule has 6 nitrogen and oxygen atoms in total. The highest BCUT2D eigenvalue weighted by Gasteiger charge is 2.29. The molecule has 0 saturated carbocycles. The second kappa shape index (κ2) is 2.18. The van der Waals surface area contributed by atoms with Gasteiger partial charge < -0.3 is 20.4 Å². The first-order chi connectivity index (χ1) is 3.71. The fraction of sp³-hybridized carbons (Fsp3) is 1.00. The summed E-state index contributed by atoms with van der Waals surface area (Å²) in [6.45, 7) is 0. The van der Waals surface area contributed by atoms with Gasteiger partial charge in [-0.2, -0.15) is 0 Å². The van der Waals surface area contributed by atoms with Crippen LogP contribution in [0.2, 0.25) is 0 Å². The number of nitrogens with two attached hydrogens (primary N) is 2. The fourth-order valence-electron chi connectivity index (χ4n) is 0.383. The van der Waals surface area contributed by atoms with Crippen molar-refractivity contribution in [3.63, 3.8) is 0 Å². The van der Waals surface area contributed by atoms with Crippen molar-refractivity contribution in [2.24, 2.45) is 11.5 Å². The molecule has 0 aromatic carbocycles. The predicted molar refractivity (Wildman–Crippen MR) is 27.3 cm³/mol. The average molecular weight is 138 g/mol. The Balaban J connectivity index is 3.75. The smallest absolute Gasteiger partial charge is 0.226 e. The van der Waals surface area contributed by atoms with E-state index in [9.17, 15) is 0 Å². The maximum Gasteiger partial charge on any atom is 0.226 e. The van der Waals surface area contributed by atoms with Crippen LogP contribution in [0.25, 0.3) is 0 Å². The van der Waals surface area contributed by atoms with Crippen molar-refractivity contribution in [2.45, 2.75) is 18.2 Å². The van der Waals surface area contributed by atoms with Crippen LogP contribution < -0.4 is 11.5 Å². The largest absolute Gasteiger partial charge is 0.353 e. The molecule has 0 heterocycles. The lowest BCUT2D eigenvalue weighted by Crippen LogP contribution is -2.52. The number of hydrogen-bond acceptors (Lipinski definition) is 6. The van der Waals surface area contributed by atoms with Crippen molar-refractivity contribution in [3.05, 3.63) is 0 Å². The summed E-state index contributed by atoms with van der Waals surface area (Å²) in [6.07, 6.45) is -0.931. The van der Waals surface area contributed by atoms with Gasteiger partial charge in [0.15, 0.2) is 0 Å². The van der Waals surface area contributed by atoms with E-state index < -0.39 is 18.2 Å². The van der Waals surface area contributed by atoms with E-state index in [0.29, 0.717) is 0 Å². The van der Waals surface area contributed by atoms with E-state index in [1.807, 2.05) is 0 Å². The summed E-state index contributed by atoms with van der Waals surface area (Å²) in [6, 6.07) is 0. The van der Waals surface area contributed by atoms with Crippen molar-refractivity contribution in [3.8, 4) is 0 Å². The first kappa shape index (κ1) is 8.76. The number of aliphatic hydroxyl groups is 4. The molecule has 8 N–H and O–H groups in total. The Labute approximate surface area is 51.3 Å². The van der Waals surface area contributed by atoms with Crippen LogP contribution in [-0.4, -0.2) is 32.2 Å². The molecule has 0 aromatic heterocycles. The Bertz CT molecular complexity index is 79.0. The van der Waals surface area contributed by atoms with E-state index in [4.69, 9.17) is 20.4 Å². The molecule has 0 aromatic rings. The lowest BCUT2D eigenvalue weighted by Gasteiger charge is -2.22. The Morgan fingerprint density at radius 1 is 0.889 bits per heavy atom. The quantitative estimate of drug-likeness (QED) is 0.220. The molecule has 0 aliphatic rings. The molecule has 0 fully saturated rings. The second-order valence-corrected chi connectivity index (χ2v) is 1.93. The molecule has 6 heteroatoms. The van der Waals surface area contributed by atoms with Crippen molar-refractivity contribution < 1.29 is 20.4 Å². The van der Waals surface area contributed by atoms with E-state index >= 15 is 0 Å². The molecule has 0 amide bonds. The third kappa shape index (κ3) is 7.76. The van der Waals surface area contributed by atoms with Crippen molar-refractivity contribution in [2.75, 3.05) is 0 Å². The average Bonchev–Trinajstić information content (AvgIpc) is 1.14. The molecular weight excluding hydrogens is 128 g/mol. The van der Waals surface area contributed by atoms with Crippen molar-refractivity contribution >= 4 is 0 Å². The van der Waals surface area contributed by atoms with Gasteiger partial charge in [-0.15, -0.1) is 0 Å². The zero-order valence-electron chi connectivity index (χ0n) is 4.65. The van der Waals surface area contributed by atoms with Gasteiger partial charge in [0.05, 0.1) is 6.42 Å². The lowest BCUT2D eigenvalue weighted by molar-refractivity contribution is -0.249. The molecule has 0 saturated heterocycles. The Hall–Kier alpha value is -0.240. The molecule has 0 spiro atoms. The molecule has 0 aliphatic heterocycles. The van der Waals surface area contributed by atoms with Gasteiger partial charge in [-0.3, -0.25) is 11.5 Å². The first-order valence-corrected chi connectivity index (χ1v) is 2.18. The van der Waals surface area contributed by atoms with Gasteiger partial charge in [0.2, 0.25) is 11.8 Å². The zero-order valence-corrected chi connectivity index (χ0v) is 4.65. The summed E-state index contributed by atoms with van der Waals surface area (Å²) in [5.74, 6) is -5.28. The van der Waals surface area contributed by atoms with Crippen LogP contribution in [-0.2, 0) is 0 Å². The third-order valence-corrected chi connectivity index (χ3v) is 0.520. The third-order valence-electron chi connectivity index (χ3n) is 0.520. The number of hydrogen-bond donors (Lipinski definition) is 6. The van der Waals surface area contributed by atoms with Gasteiger partial charge in [-0.05, 0) is 0 Å². The minimum absolute atomic E-state index is 0.931. The molecule has 9 heavy (non-hydrogen) atoms. The van der Waals surface area contributed by atoms with Gasteiger partial charge in [-0.1, -0.05) is 0 Å². The SMILES string of the molecule is NC(O)(O)CC(N)(O)O. The first-order valence-electron chi connectivity index (χ1n) is 2.18. The summed E-state index contributed by atoms with van der Waals surface area (Å²) in [7, 11) is 0. The second-order valence-electron chi connectivity index (χ2n) is 1.93. The minimum Gasteiger partial charge on any atom is -0.353 e. The van der Waals surface area contributed by atoms with E-state index in [1.165, 1.54) is 0 Å². The van der Waals surface area contributed by atoms with Gasteiger partial charge >= 0.3 is 0 Å². The maximum atomic E-state index is 8.29. The van der Waals surface area contributed by atoms with Gasteiger partial charge in [0.1, 0.15) is 0 Å². The summed E-state index contributed by atoms with van der Waals surface area (Å²) < 4.78 is 0. The highest BCUT2D eigenvalue weighted by atomic mass is 16.5. The molecule has 0 atom stereocenters. The van der Waals surface area contributed by atoms with E-state index in [2.05, 4.69) is 11.5 Å². The monoisotopic (exact) mass is 138 g/mol. The lowest BCUT2D eigenvalue weighted by atomic mass is 10.3. The Morgan fingerprint density at radius 3 is 1.11 bits per heavy atom. The van der Waals surface area contributed by atoms with Crippen molar-refractivity contribution in [1.29, 1.82) is 0 Å². The fourth-order valence-corrected chi connectivity index (χ4v) is 0.383. The Kier molecular flexibility index (Phi) is 2.12. The molecule has 0 bridgehead atoms. The van der Waals surface area contributed by atoms with Crippen LogP contribution >= 0.6 is 0 Å². The summed E-state index contributed by atoms with van der Waals surface area (Å²) in [5.41, 5.74) is 9.07. The van der Waals surface area contributed by atoms with Crippen molar-refractivity contribution in [1.82, 2.24) is 0 Å². The highest BCUT2D eigenvalue weighted by Crippen LogP contribution is 2.04. The van der Waals surface area contributed by atoms with Crippen LogP contribution in [0.3, 0.4) is 0 Å². The minimum atomic E-state index is -2.64. The topological polar surface area (TPSA) is 133 Å². The van der Waals surface area contributed by atoms with E-state index in [1.54, 1.807) is 0 Å². The van der Waals surface area contributed by atoms with Crippen LogP contribution in [0.5, 0.6) is 0 Å². The molecule has 0 rings (SSSR count). The van der Waals surface area contributed by atoms with Crippen LogP contribution in [0, 0.1) is 0 Å². The van der Waals surface area contributed by atoms with Crippen LogP contribution in [0.1, 0.15) is 6.42 Å². The molecular formula is C3H10N2O4. The molecule has 0 radical (unpaired) electrons. The predicted octanol–water partition coefficient (Wildman–Crippen LogP) is -3.43. The van der Waals surface area contributed by atoms with E-state index in [0.717, 1.165) is 0 Å². The van der Waals surface area contributed by atoms with Crippen LogP contribution in [0.4, 0.5) is 0 Å². The normalized spacial score (nSPS) is 14.0. The maximum absolute atomic E-state index is 8.29. The highest BCUT2D eigenvalue weighted by molar-refractivity contribution is 4.63. The van der Waals surface area contributed by atoms with Gasteiger partial charge in [0.25, 0.3) is 0 Å². The van der Waals surface area contributed by atoms with E-state index in [-0.39, 0.29) is 0 Å². The molecule has 0 aliphatic carbocycles. The summed E-state index contributed by atoms with van der Waals surface area (Å²) in [5, 5.41) is 33.1. The zero-order chi connectivity index (χ0) is 7.71. The summed E-state index contributed by atoms with van der Waals surface area (Å²) in [4.78, 5) is 0. The number of rotatable bonds is 2.